The topological polar surface area (TPSA) is 60.9 Å². The number of aliphatic hydroxyl groups is 1. The summed E-state index contributed by atoms with van der Waals surface area (Å²) in [6, 6.07) is 20.4. The summed E-state index contributed by atoms with van der Waals surface area (Å²) in [4.78, 5) is 29.7. The highest BCUT2D eigenvalue weighted by Crippen LogP contribution is 2.41. The molecule has 2 amide bonds. The van der Waals surface area contributed by atoms with Crippen LogP contribution in [-0.2, 0) is 22.4 Å². The lowest BCUT2D eigenvalue weighted by Gasteiger charge is -2.51. The van der Waals surface area contributed by atoms with Crippen LogP contribution >= 0.6 is 0 Å². The second-order valence-electron chi connectivity index (χ2n) is 11.1. The molecular weight excluding hydrogens is 424 g/mol. The molecule has 2 fully saturated rings. The van der Waals surface area contributed by atoms with Gasteiger partial charge in [0.2, 0.25) is 11.8 Å². The van der Waals surface area contributed by atoms with Gasteiger partial charge >= 0.3 is 0 Å². The number of hydrogen-bond acceptors (Lipinski definition) is 3. The first-order chi connectivity index (χ1) is 16.2. The zero-order valence-corrected chi connectivity index (χ0v) is 20.7. The summed E-state index contributed by atoms with van der Waals surface area (Å²) in [7, 11) is 0. The van der Waals surface area contributed by atoms with E-state index in [1.165, 1.54) is 5.56 Å². The smallest absolute Gasteiger partial charge is 0.225 e. The van der Waals surface area contributed by atoms with Crippen molar-refractivity contribution < 1.29 is 14.7 Å². The summed E-state index contributed by atoms with van der Waals surface area (Å²) in [5.74, 6) is 0.435. The molecule has 0 aliphatic carbocycles. The number of benzene rings is 2. The van der Waals surface area contributed by atoms with Gasteiger partial charge in [0, 0.05) is 37.4 Å². The van der Waals surface area contributed by atoms with E-state index in [-0.39, 0.29) is 23.7 Å². The van der Waals surface area contributed by atoms with Crippen molar-refractivity contribution in [2.24, 2.45) is 17.3 Å². The Kier molecular flexibility index (Phi) is 7.13. The molecule has 182 valence electrons. The van der Waals surface area contributed by atoms with E-state index in [9.17, 15) is 14.7 Å². The largest absolute Gasteiger partial charge is 0.387 e. The summed E-state index contributed by atoms with van der Waals surface area (Å²) in [6.07, 6.45) is 2.61. The van der Waals surface area contributed by atoms with E-state index in [0.29, 0.717) is 45.4 Å². The molecule has 1 N–H and O–H groups in total. The minimum Gasteiger partial charge on any atom is -0.387 e. The molecule has 2 aliphatic heterocycles. The van der Waals surface area contributed by atoms with Crippen molar-refractivity contribution in [1.82, 2.24) is 9.80 Å². The number of piperidine rings is 1. The lowest BCUT2D eigenvalue weighted by molar-refractivity contribution is -0.161. The minimum absolute atomic E-state index is 0.108. The molecule has 2 aromatic rings. The fourth-order valence-corrected chi connectivity index (χ4v) is 5.62. The van der Waals surface area contributed by atoms with Gasteiger partial charge in [-0.1, -0.05) is 81.4 Å². The second-order valence-corrected chi connectivity index (χ2v) is 11.1. The van der Waals surface area contributed by atoms with Gasteiger partial charge in [-0.15, -0.1) is 0 Å². The molecule has 0 radical (unpaired) electrons. The van der Waals surface area contributed by atoms with Gasteiger partial charge in [-0.3, -0.25) is 9.59 Å². The molecule has 5 heteroatoms. The van der Waals surface area contributed by atoms with Crippen LogP contribution in [0.3, 0.4) is 0 Å². The van der Waals surface area contributed by atoms with Crippen LogP contribution in [0.1, 0.15) is 44.7 Å². The highest BCUT2D eigenvalue weighted by atomic mass is 16.3. The Hall–Kier alpha value is -2.66. The molecule has 5 nitrogen and oxygen atoms in total. The Morgan fingerprint density at radius 1 is 1.06 bits per heavy atom. The van der Waals surface area contributed by atoms with Gasteiger partial charge in [0.05, 0.1) is 12.1 Å². The van der Waals surface area contributed by atoms with Crippen molar-refractivity contribution in [2.45, 2.75) is 52.1 Å². The van der Waals surface area contributed by atoms with Gasteiger partial charge in [-0.05, 0) is 36.3 Å². The van der Waals surface area contributed by atoms with E-state index >= 15 is 0 Å². The molecular formula is C29H38N2O3. The zero-order chi connectivity index (χ0) is 24.3. The molecule has 2 aromatic carbocycles. The predicted octanol–water partition coefficient (Wildman–Crippen LogP) is 3.95. The van der Waals surface area contributed by atoms with Crippen LogP contribution < -0.4 is 0 Å². The van der Waals surface area contributed by atoms with Crippen LogP contribution in [0.25, 0.3) is 0 Å². The van der Waals surface area contributed by atoms with Crippen LogP contribution in [0.5, 0.6) is 0 Å². The van der Waals surface area contributed by atoms with Crippen LogP contribution in [0.4, 0.5) is 0 Å². The fraction of sp³-hybridized carbons (Fsp3) is 0.517. The van der Waals surface area contributed by atoms with Crippen LogP contribution in [0, 0.1) is 17.3 Å². The number of carbonyl (C=O) groups is 2. The Labute approximate surface area is 203 Å². The third-order valence-electron chi connectivity index (χ3n) is 7.87. The molecule has 2 aliphatic rings. The van der Waals surface area contributed by atoms with Crippen LogP contribution in [0.15, 0.2) is 60.7 Å². The zero-order valence-electron chi connectivity index (χ0n) is 20.7. The Bertz CT molecular complexity index is 991. The van der Waals surface area contributed by atoms with E-state index in [0.717, 1.165) is 12.0 Å². The molecule has 3 atom stereocenters. The van der Waals surface area contributed by atoms with Crippen molar-refractivity contribution in [1.29, 1.82) is 0 Å². The third kappa shape index (κ3) is 5.35. The van der Waals surface area contributed by atoms with E-state index in [4.69, 9.17) is 0 Å². The maximum Gasteiger partial charge on any atom is 0.225 e. The molecule has 4 rings (SSSR count). The standard InChI is InChI=1S/C29H38N2O3/c1-22(16-23-10-6-4-7-11-23)27(33)30-15-14-29(34,28(2,3)20-30)21-31-19-25(18-26(31)32)17-24-12-8-5-9-13-24/h4-13,22,25,34H,14-21H2,1-3H3. The molecule has 2 heterocycles. The minimum atomic E-state index is -1.01. The SMILES string of the molecule is CC(Cc1ccccc1)C(=O)N1CCC(O)(CN2CC(Cc3ccccc3)CC2=O)C(C)(C)C1. The summed E-state index contributed by atoms with van der Waals surface area (Å²) < 4.78 is 0. The molecule has 0 spiro atoms. The maximum absolute atomic E-state index is 13.2. The number of carbonyl (C=O) groups excluding carboxylic acids is 2. The van der Waals surface area contributed by atoms with Crippen molar-refractivity contribution in [3.05, 3.63) is 71.8 Å². The van der Waals surface area contributed by atoms with E-state index in [1.54, 1.807) is 0 Å². The third-order valence-corrected chi connectivity index (χ3v) is 7.87. The first kappa shape index (κ1) is 24.5. The first-order valence-corrected chi connectivity index (χ1v) is 12.5. The predicted molar refractivity (Wildman–Crippen MR) is 134 cm³/mol. The van der Waals surface area contributed by atoms with Crippen molar-refractivity contribution in [3.63, 3.8) is 0 Å². The lowest BCUT2D eigenvalue weighted by Crippen LogP contribution is -2.63. The van der Waals surface area contributed by atoms with Gasteiger partial charge in [0.1, 0.15) is 0 Å². The quantitative estimate of drug-likeness (QED) is 0.678. The number of hydrogen-bond donors (Lipinski definition) is 1. The average molecular weight is 463 g/mol. The number of nitrogens with zero attached hydrogens (tertiary/aromatic N) is 2. The number of amides is 2. The number of rotatable bonds is 7. The lowest BCUT2D eigenvalue weighted by atomic mass is 9.69. The van der Waals surface area contributed by atoms with Crippen molar-refractivity contribution in [3.8, 4) is 0 Å². The molecule has 34 heavy (non-hydrogen) atoms. The number of likely N-dealkylation sites (tertiary alicyclic amines) is 2. The first-order valence-electron chi connectivity index (χ1n) is 12.5. The molecule has 0 bridgehead atoms. The Morgan fingerprint density at radius 2 is 1.68 bits per heavy atom. The summed E-state index contributed by atoms with van der Waals surface area (Å²) in [5, 5.41) is 11.7. The number of β-amino-alcohol motifs (C(OH)–C–C–N with tert-alkyl or cyclic N) is 1. The van der Waals surface area contributed by atoms with E-state index in [1.807, 2.05) is 67.0 Å². The normalized spacial score (nSPS) is 25.4. The fourth-order valence-electron chi connectivity index (χ4n) is 5.62. The van der Waals surface area contributed by atoms with Crippen molar-refractivity contribution in [2.75, 3.05) is 26.2 Å². The van der Waals surface area contributed by atoms with E-state index in [2.05, 4.69) is 24.3 Å². The highest BCUT2D eigenvalue weighted by Gasteiger charge is 2.51. The van der Waals surface area contributed by atoms with E-state index < -0.39 is 11.0 Å². The van der Waals surface area contributed by atoms with Crippen molar-refractivity contribution >= 4 is 11.8 Å². The monoisotopic (exact) mass is 462 g/mol. The summed E-state index contributed by atoms with van der Waals surface area (Å²) >= 11 is 0. The van der Waals surface area contributed by atoms with Gasteiger partial charge in [-0.2, -0.15) is 0 Å². The van der Waals surface area contributed by atoms with Gasteiger partial charge in [-0.25, -0.2) is 0 Å². The maximum atomic E-state index is 13.2. The van der Waals surface area contributed by atoms with Gasteiger partial charge in [0.15, 0.2) is 0 Å². The summed E-state index contributed by atoms with van der Waals surface area (Å²) in [5.41, 5.74) is 0.890. The van der Waals surface area contributed by atoms with Crippen LogP contribution in [-0.4, -0.2) is 58.5 Å². The van der Waals surface area contributed by atoms with Gasteiger partial charge < -0.3 is 14.9 Å². The average Bonchev–Trinajstić information content (AvgIpc) is 3.14. The molecule has 3 unspecified atom stereocenters. The Morgan fingerprint density at radius 3 is 2.29 bits per heavy atom. The van der Waals surface area contributed by atoms with Crippen LogP contribution in [0.2, 0.25) is 0 Å². The highest BCUT2D eigenvalue weighted by molar-refractivity contribution is 5.79. The molecule has 2 saturated heterocycles. The summed E-state index contributed by atoms with van der Waals surface area (Å²) in [6.45, 7) is 8.07. The molecule has 0 saturated carbocycles. The molecule has 0 aromatic heterocycles. The van der Waals surface area contributed by atoms with Gasteiger partial charge in [0.25, 0.3) is 0 Å². The second kappa shape index (κ2) is 9.91. The Balaban J connectivity index is 1.35.